The summed E-state index contributed by atoms with van der Waals surface area (Å²) < 4.78 is 5.93. The Labute approximate surface area is 204 Å². The summed E-state index contributed by atoms with van der Waals surface area (Å²) in [5.41, 5.74) is 1.31. The number of alkyl halides is 1. The Kier molecular flexibility index (Phi) is 6.42. The first-order valence-corrected chi connectivity index (χ1v) is 11.7. The number of ether oxygens (including phenoxy) is 1. The fourth-order valence-electron chi connectivity index (χ4n) is 4.20. The van der Waals surface area contributed by atoms with Crippen LogP contribution in [0.4, 0.5) is 0 Å². The number of aromatic nitrogens is 1. The van der Waals surface area contributed by atoms with Crippen LogP contribution in [0.15, 0.2) is 60.0 Å². The Balaban J connectivity index is 1.43. The molecule has 0 radical (unpaired) electrons. The van der Waals surface area contributed by atoms with E-state index in [4.69, 9.17) is 28.6 Å². The third-order valence-corrected chi connectivity index (χ3v) is 7.24. The van der Waals surface area contributed by atoms with Crippen molar-refractivity contribution in [3.63, 3.8) is 0 Å². The predicted molar refractivity (Wildman–Crippen MR) is 133 cm³/mol. The zero-order valence-electron chi connectivity index (χ0n) is 18.8. The molecule has 0 N–H and O–H groups in total. The van der Waals surface area contributed by atoms with Gasteiger partial charge in [0.25, 0.3) is 5.91 Å². The summed E-state index contributed by atoms with van der Waals surface area (Å²) in [5.74, 6) is 0.454. The maximum Gasteiger partial charge on any atom is 0.258 e. The third kappa shape index (κ3) is 4.21. The Morgan fingerprint density at radius 1 is 1.30 bits per heavy atom. The standard InChI is InChI=1S/C25H25ClN4O2S/c1-16-21(10-8-18(15-27)22(16)26)30-23(31)25(2,3)29(24(30)33)12-5-13-32-19-9-7-17-6-4-11-28-20(17)14-19/h4,6-11,14,16,22H,5,12-13H2,1-3H3. The van der Waals surface area contributed by atoms with Crippen LogP contribution >= 0.6 is 23.8 Å². The Morgan fingerprint density at radius 3 is 2.85 bits per heavy atom. The molecule has 1 aromatic carbocycles. The molecule has 1 amide bonds. The Hall–Kier alpha value is -2.95. The Morgan fingerprint density at radius 2 is 2.09 bits per heavy atom. The molecule has 8 heteroatoms. The molecule has 0 spiro atoms. The van der Waals surface area contributed by atoms with Crippen LogP contribution in [0.25, 0.3) is 10.9 Å². The SMILES string of the molecule is CC1C(N2C(=O)C(C)(C)N(CCCOc3ccc4cccnc4c3)C2=S)=CC=C(C#N)C1Cl. The number of carbonyl (C=O) groups excluding carboxylic acids is 1. The van der Waals surface area contributed by atoms with Gasteiger partial charge in [-0.3, -0.25) is 14.7 Å². The summed E-state index contributed by atoms with van der Waals surface area (Å²) in [6.45, 7) is 6.72. The lowest BCUT2D eigenvalue weighted by molar-refractivity contribution is -0.130. The van der Waals surface area contributed by atoms with Gasteiger partial charge in [0.05, 0.1) is 23.6 Å². The van der Waals surface area contributed by atoms with Crippen molar-refractivity contribution in [1.29, 1.82) is 5.26 Å². The topological polar surface area (TPSA) is 69.5 Å². The van der Waals surface area contributed by atoms with Crippen LogP contribution in [0.1, 0.15) is 27.2 Å². The van der Waals surface area contributed by atoms with E-state index < -0.39 is 10.9 Å². The van der Waals surface area contributed by atoms with E-state index >= 15 is 0 Å². The molecular formula is C25H25ClN4O2S. The summed E-state index contributed by atoms with van der Waals surface area (Å²) in [5, 5.41) is 10.3. The largest absolute Gasteiger partial charge is 0.493 e. The minimum atomic E-state index is -0.786. The van der Waals surface area contributed by atoms with Gasteiger partial charge in [0.2, 0.25) is 0 Å². The molecule has 2 atom stereocenters. The minimum Gasteiger partial charge on any atom is -0.493 e. The Bertz CT molecular complexity index is 1220. The molecule has 1 aliphatic heterocycles. The van der Waals surface area contributed by atoms with Crippen molar-refractivity contribution < 1.29 is 9.53 Å². The lowest BCUT2D eigenvalue weighted by Gasteiger charge is -2.30. The summed E-state index contributed by atoms with van der Waals surface area (Å²) in [6.07, 6.45) is 5.90. The molecule has 1 aromatic heterocycles. The van der Waals surface area contributed by atoms with Gasteiger partial charge in [-0.15, -0.1) is 11.6 Å². The highest BCUT2D eigenvalue weighted by molar-refractivity contribution is 7.80. The van der Waals surface area contributed by atoms with Crippen molar-refractivity contribution in [1.82, 2.24) is 14.8 Å². The smallest absolute Gasteiger partial charge is 0.258 e. The maximum atomic E-state index is 13.3. The van der Waals surface area contributed by atoms with Crippen molar-refractivity contribution >= 4 is 45.7 Å². The van der Waals surface area contributed by atoms with E-state index in [0.717, 1.165) is 22.3 Å². The van der Waals surface area contributed by atoms with Crippen LogP contribution in [0, 0.1) is 17.2 Å². The molecule has 170 valence electrons. The minimum absolute atomic E-state index is 0.0928. The summed E-state index contributed by atoms with van der Waals surface area (Å²) >= 11 is 12.2. The molecule has 2 heterocycles. The van der Waals surface area contributed by atoms with Crippen molar-refractivity contribution in [2.75, 3.05) is 13.2 Å². The first kappa shape index (κ1) is 23.2. The van der Waals surface area contributed by atoms with E-state index in [9.17, 15) is 10.1 Å². The number of pyridine rings is 1. The van der Waals surface area contributed by atoms with Gasteiger partial charge in [-0.2, -0.15) is 5.26 Å². The lowest BCUT2D eigenvalue weighted by atomic mass is 9.91. The first-order valence-electron chi connectivity index (χ1n) is 10.9. The second kappa shape index (κ2) is 9.12. The quantitative estimate of drug-likeness (QED) is 0.336. The second-order valence-electron chi connectivity index (χ2n) is 8.71. The predicted octanol–water partition coefficient (Wildman–Crippen LogP) is 4.80. The fourth-order valence-corrected chi connectivity index (χ4v) is 4.96. The zero-order valence-corrected chi connectivity index (χ0v) is 20.4. The molecular weight excluding hydrogens is 456 g/mol. The van der Waals surface area contributed by atoms with Gasteiger partial charge in [0, 0.05) is 41.4 Å². The number of benzene rings is 1. The molecule has 2 unspecified atom stereocenters. The average Bonchev–Trinajstić information content (AvgIpc) is 2.97. The maximum absolute atomic E-state index is 13.3. The molecule has 2 aromatic rings. The number of halogens is 1. The highest BCUT2D eigenvalue weighted by atomic mass is 35.5. The van der Waals surface area contributed by atoms with E-state index in [2.05, 4.69) is 11.1 Å². The zero-order chi connectivity index (χ0) is 23.8. The molecule has 0 bridgehead atoms. The molecule has 4 rings (SSSR count). The van der Waals surface area contributed by atoms with Gasteiger partial charge < -0.3 is 9.64 Å². The lowest BCUT2D eigenvalue weighted by Crippen LogP contribution is -2.44. The van der Waals surface area contributed by atoms with Crippen molar-refractivity contribution in [3.05, 3.63) is 60.0 Å². The van der Waals surface area contributed by atoms with Crippen molar-refractivity contribution in [2.24, 2.45) is 5.92 Å². The number of carbonyl (C=O) groups is 1. The number of amides is 1. The first-order chi connectivity index (χ1) is 15.8. The van der Waals surface area contributed by atoms with Crippen LogP contribution in [0.2, 0.25) is 0 Å². The normalized spacial score (nSPS) is 22.3. The molecule has 0 saturated carbocycles. The molecule has 6 nitrogen and oxygen atoms in total. The molecule has 1 saturated heterocycles. The van der Waals surface area contributed by atoms with E-state index in [1.54, 1.807) is 23.2 Å². The summed E-state index contributed by atoms with van der Waals surface area (Å²) in [6, 6.07) is 11.9. The monoisotopic (exact) mass is 480 g/mol. The van der Waals surface area contributed by atoms with Gasteiger partial charge in [-0.05, 0) is 62.8 Å². The molecule has 33 heavy (non-hydrogen) atoms. The summed E-state index contributed by atoms with van der Waals surface area (Å²) in [7, 11) is 0. The third-order valence-electron chi connectivity index (χ3n) is 6.22. The van der Waals surface area contributed by atoms with Gasteiger partial charge in [-0.1, -0.05) is 13.0 Å². The molecule has 1 aliphatic carbocycles. The fraction of sp³-hybridized carbons (Fsp3) is 0.360. The second-order valence-corrected chi connectivity index (χ2v) is 9.54. The van der Waals surface area contributed by atoms with Crippen molar-refractivity contribution in [2.45, 2.75) is 38.1 Å². The number of nitriles is 1. The van der Waals surface area contributed by atoms with E-state index in [-0.39, 0.29) is 11.8 Å². The van der Waals surface area contributed by atoms with Gasteiger partial charge in [-0.25, -0.2) is 0 Å². The van der Waals surface area contributed by atoms with Crippen molar-refractivity contribution in [3.8, 4) is 11.8 Å². The van der Waals surface area contributed by atoms with Crippen LogP contribution in [-0.2, 0) is 4.79 Å². The number of hydrogen-bond acceptors (Lipinski definition) is 5. The van der Waals surface area contributed by atoms with Crippen LogP contribution in [0.5, 0.6) is 5.75 Å². The number of allylic oxidation sites excluding steroid dienone is 4. The number of nitrogens with zero attached hydrogens (tertiary/aromatic N) is 4. The number of thiocarbonyl (C=S) groups is 1. The van der Waals surface area contributed by atoms with Crippen LogP contribution < -0.4 is 4.74 Å². The van der Waals surface area contributed by atoms with Gasteiger partial charge >= 0.3 is 0 Å². The molecule has 2 aliphatic rings. The number of fused-ring (bicyclic) bond motifs is 1. The number of hydrogen-bond donors (Lipinski definition) is 0. The average molecular weight is 481 g/mol. The van der Waals surface area contributed by atoms with Gasteiger partial charge in [0.1, 0.15) is 11.3 Å². The highest BCUT2D eigenvalue weighted by Crippen LogP contribution is 2.38. The highest BCUT2D eigenvalue weighted by Gasteiger charge is 2.51. The van der Waals surface area contributed by atoms with E-state index in [0.29, 0.717) is 30.3 Å². The number of rotatable bonds is 6. The van der Waals surface area contributed by atoms with E-state index in [1.165, 1.54) is 0 Å². The van der Waals surface area contributed by atoms with E-state index in [1.807, 2.05) is 56.0 Å². The molecule has 1 fully saturated rings. The summed E-state index contributed by atoms with van der Waals surface area (Å²) in [4.78, 5) is 21.2. The van der Waals surface area contributed by atoms with Crippen LogP contribution in [0.3, 0.4) is 0 Å². The van der Waals surface area contributed by atoms with Gasteiger partial charge in [0.15, 0.2) is 5.11 Å². The van der Waals surface area contributed by atoms with Crippen LogP contribution in [-0.4, -0.2) is 49.9 Å².